The minimum atomic E-state index is 0.160. The topological polar surface area (TPSA) is 23.6 Å². The summed E-state index contributed by atoms with van der Waals surface area (Å²) in [6.45, 7) is 4.33. The average molecular weight is 309 g/mol. The number of carbonyl (C=O) groups excluding carboxylic acids is 1. The number of fused-ring (bicyclic) bond motifs is 1. The first-order valence-electron chi connectivity index (χ1n) is 6.83. The Balaban J connectivity index is 1.74. The maximum atomic E-state index is 12.6. The normalized spacial score (nSPS) is 16.8. The SMILES string of the molecule is O=C(c1csc2ccccc12)N1CCN(CCCl)CC1. The maximum absolute atomic E-state index is 12.6. The largest absolute Gasteiger partial charge is 0.336 e. The molecule has 1 fully saturated rings. The molecule has 1 saturated heterocycles. The molecular formula is C15H17ClN2OS. The molecule has 0 aliphatic carbocycles. The quantitative estimate of drug-likeness (QED) is 0.814. The molecule has 3 nitrogen and oxygen atoms in total. The Hall–Kier alpha value is -1.10. The predicted octanol–water partition coefficient (Wildman–Crippen LogP) is 2.90. The molecule has 20 heavy (non-hydrogen) atoms. The molecule has 0 atom stereocenters. The molecule has 0 unspecified atom stereocenters. The van der Waals surface area contributed by atoms with Crippen molar-refractivity contribution in [1.29, 1.82) is 0 Å². The Morgan fingerprint density at radius 3 is 2.70 bits per heavy atom. The van der Waals surface area contributed by atoms with Crippen LogP contribution in [0.3, 0.4) is 0 Å². The van der Waals surface area contributed by atoms with E-state index in [1.54, 1.807) is 11.3 Å². The van der Waals surface area contributed by atoms with Gasteiger partial charge in [0.15, 0.2) is 0 Å². The molecule has 0 saturated carbocycles. The lowest BCUT2D eigenvalue weighted by molar-refractivity contribution is 0.0647. The third kappa shape index (κ3) is 2.68. The third-order valence-corrected chi connectivity index (χ3v) is 4.90. The molecule has 1 aliphatic heterocycles. The molecule has 2 heterocycles. The summed E-state index contributed by atoms with van der Waals surface area (Å²) in [5.74, 6) is 0.816. The summed E-state index contributed by atoms with van der Waals surface area (Å²) < 4.78 is 1.18. The van der Waals surface area contributed by atoms with Gasteiger partial charge < -0.3 is 4.90 Å². The minimum Gasteiger partial charge on any atom is -0.336 e. The zero-order valence-corrected chi connectivity index (χ0v) is 12.8. The van der Waals surface area contributed by atoms with Crippen LogP contribution in [0, 0.1) is 0 Å². The molecule has 0 spiro atoms. The van der Waals surface area contributed by atoms with E-state index in [0.29, 0.717) is 5.88 Å². The van der Waals surface area contributed by atoms with E-state index >= 15 is 0 Å². The number of halogens is 1. The lowest BCUT2D eigenvalue weighted by atomic mass is 10.1. The molecular weight excluding hydrogens is 292 g/mol. The predicted molar refractivity (Wildman–Crippen MR) is 84.9 cm³/mol. The van der Waals surface area contributed by atoms with Gasteiger partial charge in [0.2, 0.25) is 0 Å². The van der Waals surface area contributed by atoms with Crippen LogP contribution in [-0.4, -0.2) is 54.3 Å². The maximum Gasteiger partial charge on any atom is 0.255 e. The van der Waals surface area contributed by atoms with E-state index < -0.39 is 0 Å². The first-order chi connectivity index (χ1) is 9.79. The van der Waals surface area contributed by atoms with E-state index in [4.69, 9.17) is 11.6 Å². The highest BCUT2D eigenvalue weighted by Crippen LogP contribution is 2.26. The van der Waals surface area contributed by atoms with Crippen molar-refractivity contribution in [1.82, 2.24) is 9.80 Å². The molecule has 5 heteroatoms. The van der Waals surface area contributed by atoms with Crippen molar-refractivity contribution in [2.45, 2.75) is 0 Å². The first-order valence-corrected chi connectivity index (χ1v) is 8.25. The number of hydrogen-bond donors (Lipinski definition) is 0. The summed E-state index contributed by atoms with van der Waals surface area (Å²) in [6, 6.07) is 8.10. The number of amides is 1. The van der Waals surface area contributed by atoms with Crippen molar-refractivity contribution in [3.05, 3.63) is 35.2 Å². The Bertz CT molecular complexity index is 605. The van der Waals surface area contributed by atoms with E-state index in [0.717, 1.165) is 43.7 Å². The van der Waals surface area contributed by atoms with Crippen LogP contribution in [0.5, 0.6) is 0 Å². The van der Waals surface area contributed by atoms with Gasteiger partial charge >= 0.3 is 0 Å². The van der Waals surface area contributed by atoms with Crippen LogP contribution in [0.4, 0.5) is 0 Å². The van der Waals surface area contributed by atoms with Crippen molar-refractivity contribution >= 4 is 38.9 Å². The molecule has 1 aromatic heterocycles. The van der Waals surface area contributed by atoms with Crippen LogP contribution in [0.25, 0.3) is 10.1 Å². The Morgan fingerprint density at radius 1 is 1.20 bits per heavy atom. The van der Waals surface area contributed by atoms with Gasteiger partial charge in [0.05, 0.1) is 5.56 Å². The molecule has 1 amide bonds. The highest BCUT2D eigenvalue weighted by Gasteiger charge is 2.23. The zero-order valence-electron chi connectivity index (χ0n) is 11.2. The lowest BCUT2D eigenvalue weighted by Gasteiger charge is -2.34. The van der Waals surface area contributed by atoms with Crippen LogP contribution in [0.15, 0.2) is 29.6 Å². The number of piperazine rings is 1. The van der Waals surface area contributed by atoms with Crippen molar-refractivity contribution in [2.75, 3.05) is 38.6 Å². The standard InChI is InChI=1S/C15H17ClN2OS/c16-5-6-17-7-9-18(10-8-17)15(19)13-11-20-14-4-2-1-3-12(13)14/h1-4,11H,5-10H2. The van der Waals surface area contributed by atoms with Gasteiger partial charge in [0.1, 0.15) is 0 Å². The van der Waals surface area contributed by atoms with Gasteiger partial charge in [-0.3, -0.25) is 9.69 Å². The molecule has 0 radical (unpaired) electrons. The van der Waals surface area contributed by atoms with Crippen molar-refractivity contribution < 1.29 is 4.79 Å². The smallest absolute Gasteiger partial charge is 0.255 e. The van der Waals surface area contributed by atoms with Crippen LogP contribution in [0.2, 0.25) is 0 Å². The van der Waals surface area contributed by atoms with Crippen LogP contribution in [-0.2, 0) is 0 Å². The summed E-state index contributed by atoms with van der Waals surface area (Å²) in [5, 5.41) is 3.06. The van der Waals surface area contributed by atoms with E-state index in [2.05, 4.69) is 11.0 Å². The lowest BCUT2D eigenvalue weighted by Crippen LogP contribution is -2.49. The number of benzene rings is 1. The monoisotopic (exact) mass is 308 g/mol. The molecule has 3 rings (SSSR count). The van der Waals surface area contributed by atoms with Crippen molar-refractivity contribution in [3.63, 3.8) is 0 Å². The highest BCUT2D eigenvalue weighted by molar-refractivity contribution is 7.17. The Labute approximate surface area is 127 Å². The number of alkyl halides is 1. The number of thiophene rings is 1. The Kier molecular flexibility index (Phi) is 4.24. The fourth-order valence-electron chi connectivity index (χ4n) is 2.61. The van der Waals surface area contributed by atoms with Crippen molar-refractivity contribution in [2.24, 2.45) is 0 Å². The fourth-order valence-corrected chi connectivity index (χ4v) is 3.78. The first kappa shape index (κ1) is 13.9. The second-order valence-corrected chi connectivity index (χ2v) is 6.26. The second-order valence-electron chi connectivity index (χ2n) is 4.97. The third-order valence-electron chi connectivity index (χ3n) is 3.77. The van der Waals surface area contributed by atoms with Gasteiger partial charge in [-0.05, 0) is 6.07 Å². The summed E-state index contributed by atoms with van der Waals surface area (Å²) >= 11 is 7.40. The van der Waals surface area contributed by atoms with Gasteiger partial charge in [0, 0.05) is 54.1 Å². The number of rotatable bonds is 3. The van der Waals surface area contributed by atoms with Gasteiger partial charge in [-0.15, -0.1) is 22.9 Å². The summed E-state index contributed by atoms with van der Waals surface area (Å²) in [7, 11) is 0. The molecule has 1 aliphatic rings. The molecule has 1 aromatic carbocycles. The fraction of sp³-hybridized carbons (Fsp3) is 0.400. The van der Waals surface area contributed by atoms with Crippen LogP contribution >= 0.6 is 22.9 Å². The number of hydrogen-bond acceptors (Lipinski definition) is 3. The van der Waals surface area contributed by atoms with E-state index in [-0.39, 0.29) is 5.91 Å². The average Bonchev–Trinajstić information content (AvgIpc) is 2.92. The van der Waals surface area contributed by atoms with E-state index in [9.17, 15) is 4.79 Å². The van der Waals surface area contributed by atoms with Crippen molar-refractivity contribution in [3.8, 4) is 0 Å². The molecule has 2 aromatic rings. The van der Waals surface area contributed by atoms with Crippen LogP contribution in [0.1, 0.15) is 10.4 Å². The molecule has 106 valence electrons. The van der Waals surface area contributed by atoms with Crippen LogP contribution < -0.4 is 0 Å². The summed E-state index contributed by atoms with van der Waals surface area (Å²) in [4.78, 5) is 16.9. The zero-order chi connectivity index (χ0) is 13.9. The Morgan fingerprint density at radius 2 is 1.95 bits per heavy atom. The molecule has 0 bridgehead atoms. The minimum absolute atomic E-state index is 0.160. The second kappa shape index (κ2) is 6.12. The molecule has 0 N–H and O–H groups in total. The highest BCUT2D eigenvalue weighted by atomic mass is 35.5. The van der Waals surface area contributed by atoms with Gasteiger partial charge in [-0.1, -0.05) is 18.2 Å². The van der Waals surface area contributed by atoms with Gasteiger partial charge in [0.25, 0.3) is 5.91 Å². The van der Waals surface area contributed by atoms with E-state index in [1.165, 1.54) is 4.70 Å². The summed E-state index contributed by atoms with van der Waals surface area (Å²) in [5.41, 5.74) is 0.844. The summed E-state index contributed by atoms with van der Waals surface area (Å²) in [6.07, 6.45) is 0. The van der Waals surface area contributed by atoms with Gasteiger partial charge in [-0.25, -0.2) is 0 Å². The number of nitrogens with zero attached hydrogens (tertiary/aromatic N) is 2. The van der Waals surface area contributed by atoms with Gasteiger partial charge in [-0.2, -0.15) is 0 Å². The van der Waals surface area contributed by atoms with E-state index in [1.807, 2.05) is 28.5 Å². The number of carbonyl (C=O) groups is 1.